The summed E-state index contributed by atoms with van der Waals surface area (Å²) in [5, 5.41) is 0. The second kappa shape index (κ2) is 1.83. The zero-order valence-corrected chi connectivity index (χ0v) is 6.54. The van der Waals surface area contributed by atoms with Crippen molar-refractivity contribution in [2.24, 2.45) is 11.7 Å². The second-order valence-corrected chi connectivity index (χ2v) is 3.54. The van der Waals surface area contributed by atoms with E-state index in [-0.39, 0.29) is 0 Å². The number of rotatable bonds is 0. The van der Waals surface area contributed by atoms with Crippen molar-refractivity contribution in [3.05, 3.63) is 11.6 Å². The molecule has 2 N–H and O–H groups in total. The normalized spacial score (nSPS) is 46.3. The quantitative estimate of drug-likeness (QED) is 0.485. The van der Waals surface area contributed by atoms with Gasteiger partial charge in [0.05, 0.1) is 0 Å². The smallest absolute Gasteiger partial charge is 0.0459 e. The Kier molecular flexibility index (Phi) is 1.17. The minimum absolute atomic E-state index is 0.380. The van der Waals surface area contributed by atoms with E-state index in [2.05, 4.69) is 24.9 Å². The van der Waals surface area contributed by atoms with E-state index in [1.807, 2.05) is 0 Å². The molecule has 0 radical (unpaired) electrons. The molecule has 0 spiro atoms. The van der Waals surface area contributed by atoms with Crippen LogP contribution in [0.5, 0.6) is 0 Å². The molecule has 1 aliphatic carbocycles. The molecular formula is C8H14N2. The fourth-order valence-electron chi connectivity index (χ4n) is 2.35. The zero-order valence-electron chi connectivity index (χ0n) is 6.54. The van der Waals surface area contributed by atoms with E-state index in [0.717, 1.165) is 6.54 Å². The summed E-state index contributed by atoms with van der Waals surface area (Å²) in [6.07, 6.45) is 2.33. The van der Waals surface area contributed by atoms with Gasteiger partial charge in [-0.2, -0.15) is 0 Å². The summed E-state index contributed by atoms with van der Waals surface area (Å²) in [5.41, 5.74) is 7.44. The Morgan fingerprint density at radius 3 is 2.70 bits per heavy atom. The van der Waals surface area contributed by atoms with Crippen molar-refractivity contribution in [3.8, 4) is 0 Å². The Morgan fingerprint density at radius 1 is 1.70 bits per heavy atom. The first-order valence-corrected chi connectivity index (χ1v) is 3.84. The molecule has 1 saturated heterocycles. The van der Waals surface area contributed by atoms with Gasteiger partial charge in [-0.25, -0.2) is 0 Å². The van der Waals surface area contributed by atoms with Crippen molar-refractivity contribution in [1.29, 1.82) is 0 Å². The third-order valence-electron chi connectivity index (χ3n) is 2.78. The van der Waals surface area contributed by atoms with Crippen LogP contribution in [0.2, 0.25) is 0 Å². The number of fused-ring (bicyclic) bond motifs is 2. The van der Waals surface area contributed by atoms with Gasteiger partial charge in [-0.1, -0.05) is 11.6 Å². The summed E-state index contributed by atoms with van der Waals surface area (Å²) in [5.74, 6) is 0.634. The monoisotopic (exact) mass is 138 g/mol. The number of hydrogen-bond donors (Lipinski definition) is 1. The SMILES string of the molecule is CC1=C[C@@H]2CN(C)[C@H]1[C@@H]2N. The van der Waals surface area contributed by atoms with E-state index in [4.69, 9.17) is 5.73 Å². The Labute approximate surface area is 61.7 Å². The first kappa shape index (κ1) is 6.38. The van der Waals surface area contributed by atoms with E-state index in [0.29, 0.717) is 18.0 Å². The van der Waals surface area contributed by atoms with Crippen molar-refractivity contribution in [3.63, 3.8) is 0 Å². The molecule has 10 heavy (non-hydrogen) atoms. The first-order valence-electron chi connectivity index (χ1n) is 3.84. The van der Waals surface area contributed by atoms with Crippen LogP contribution < -0.4 is 5.73 Å². The lowest BCUT2D eigenvalue weighted by atomic mass is 10.1. The molecule has 0 amide bonds. The van der Waals surface area contributed by atoms with Crippen molar-refractivity contribution >= 4 is 0 Å². The maximum atomic E-state index is 5.97. The Hall–Kier alpha value is -0.340. The molecule has 0 aromatic heterocycles. The third-order valence-corrected chi connectivity index (χ3v) is 2.78. The highest BCUT2D eigenvalue weighted by Crippen LogP contribution is 2.34. The molecule has 2 bridgehead atoms. The van der Waals surface area contributed by atoms with Crippen LogP contribution in [0, 0.1) is 5.92 Å². The highest BCUT2D eigenvalue weighted by molar-refractivity contribution is 5.27. The maximum Gasteiger partial charge on any atom is 0.0459 e. The second-order valence-electron chi connectivity index (χ2n) is 3.54. The highest BCUT2D eigenvalue weighted by atomic mass is 15.2. The van der Waals surface area contributed by atoms with Gasteiger partial charge in [0, 0.05) is 24.5 Å². The Bertz CT molecular complexity index is 186. The van der Waals surface area contributed by atoms with Crippen LogP contribution in [0.3, 0.4) is 0 Å². The standard InChI is InChI=1S/C8H14N2/c1-5-3-6-4-10(2)8(5)7(6)9/h3,6-8H,4,9H2,1-2H3/t6-,7-,8-/m1/s1. The third kappa shape index (κ3) is 0.607. The molecular weight excluding hydrogens is 124 g/mol. The van der Waals surface area contributed by atoms with Crippen LogP contribution in [0.1, 0.15) is 6.92 Å². The lowest BCUT2D eigenvalue weighted by Crippen LogP contribution is -2.36. The van der Waals surface area contributed by atoms with Crippen LogP contribution in [-0.2, 0) is 0 Å². The summed E-state index contributed by atoms with van der Waals surface area (Å²) in [7, 11) is 2.15. The topological polar surface area (TPSA) is 29.3 Å². The molecule has 2 nitrogen and oxygen atoms in total. The van der Waals surface area contributed by atoms with E-state index < -0.39 is 0 Å². The number of likely N-dealkylation sites (N-methyl/N-ethyl adjacent to an activating group) is 1. The van der Waals surface area contributed by atoms with Gasteiger partial charge in [-0.15, -0.1) is 0 Å². The highest BCUT2D eigenvalue weighted by Gasteiger charge is 2.41. The van der Waals surface area contributed by atoms with Gasteiger partial charge in [0.2, 0.25) is 0 Å². The van der Waals surface area contributed by atoms with Crippen LogP contribution in [0.4, 0.5) is 0 Å². The molecule has 0 aromatic rings. The van der Waals surface area contributed by atoms with E-state index in [1.54, 1.807) is 0 Å². The van der Waals surface area contributed by atoms with Crippen molar-refractivity contribution in [2.75, 3.05) is 13.6 Å². The van der Waals surface area contributed by atoms with Gasteiger partial charge in [0.15, 0.2) is 0 Å². The number of likely N-dealkylation sites (tertiary alicyclic amines) is 1. The molecule has 1 fully saturated rings. The summed E-state index contributed by atoms with van der Waals surface area (Å²) in [6, 6.07) is 0.926. The number of nitrogens with two attached hydrogens (primary N) is 1. The molecule has 1 heterocycles. The number of hydrogen-bond acceptors (Lipinski definition) is 2. The minimum atomic E-state index is 0.380. The predicted octanol–water partition coefficient (Wildman–Crippen LogP) is 0.204. The van der Waals surface area contributed by atoms with E-state index >= 15 is 0 Å². The molecule has 0 unspecified atom stereocenters. The van der Waals surface area contributed by atoms with Crippen LogP contribution >= 0.6 is 0 Å². The fraction of sp³-hybridized carbons (Fsp3) is 0.750. The van der Waals surface area contributed by atoms with Gasteiger partial charge in [-0.05, 0) is 14.0 Å². The summed E-state index contributed by atoms with van der Waals surface area (Å²) < 4.78 is 0. The van der Waals surface area contributed by atoms with Crippen LogP contribution in [0.25, 0.3) is 0 Å². The molecule has 56 valence electrons. The van der Waals surface area contributed by atoms with Gasteiger partial charge in [0.1, 0.15) is 0 Å². The molecule has 0 saturated carbocycles. The van der Waals surface area contributed by atoms with Gasteiger partial charge in [0.25, 0.3) is 0 Å². The summed E-state index contributed by atoms with van der Waals surface area (Å²) in [4.78, 5) is 2.35. The van der Waals surface area contributed by atoms with Crippen molar-refractivity contribution < 1.29 is 0 Å². The van der Waals surface area contributed by atoms with E-state index in [1.165, 1.54) is 5.57 Å². The molecule has 2 rings (SSSR count). The Balaban J connectivity index is 2.30. The lowest BCUT2D eigenvalue weighted by Gasteiger charge is -2.22. The van der Waals surface area contributed by atoms with Crippen molar-refractivity contribution in [2.45, 2.75) is 19.0 Å². The molecule has 2 aliphatic rings. The van der Waals surface area contributed by atoms with Gasteiger partial charge in [-0.3, -0.25) is 4.90 Å². The summed E-state index contributed by atoms with van der Waals surface area (Å²) >= 11 is 0. The average Bonchev–Trinajstić information content (AvgIpc) is 2.20. The van der Waals surface area contributed by atoms with Gasteiger partial charge >= 0.3 is 0 Å². The zero-order chi connectivity index (χ0) is 7.30. The predicted molar refractivity (Wildman–Crippen MR) is 41.6 cm³/mol. The molecule has 0 aromatic carbocycles. The largest absolute Gasteiger partial charge is 0.326 e. The molecule has 1 aliphatic heterocycles. The maximum absolute atomic E-state index is 5.97. The van der Waals surface area contributed by atoms with E-state index in [9.17, 15) is 0 Å². The fourth-order valence-corrected chi connectivity index (χ4v) is 2.35. The molecule has 3 atom stereocenters. The van der Waals surface area contributed by atoms with Crippen molar-refractivity contribution in [1.82, 2.24) is 4.90 Å². The number of nitrogens with zero attached hydrogens (tertiary/aromatic N) is 1. The average molecular weight is 138 g/mol. The van der Waals surface area contributed by atoms with Crippen LogP contribution in [0.15, 0.2) is 11.6 Å². The summed E-state index contributed by atoms with van der Waals surface area (Å²) in [6.45, 7) is 3.34. The molecule has 2 heteroatoms. The first-order chi connectivity index (χ1) is 4.70. The minimum Gasteiger partial charge on any atom is -0.326 e. The Morgan fingerprint density at radius 2 is 2.40 bits per heavy atom. The van der Waals surface area contributed by atoms with Crippen LogP contribution in [-0.4, -0.2) is 30.6 Å². The van der Waals surface area contributed by atoms with Gasteiger partial charge < -0.3 is 5.73 Å². The lowest BCUT2D eigenvalue weighted by molar-refractivity contribution is 0.326.